The Morgan fingerprint density at radius 1 is 1.16 bits per heavy atom. The number of halogens is 1. The fraction of sp³-hybridized carbons (Fsp3) is 0.857. The molecule has 1 aliphatic carbocycles. The summed E-state index contributed by atoms with van der Waals surface area (Å²) in [5.41, 5.74) is 0. The summed E-state index contributed by atoms with van der Waals surface area (Å²) in [5, 5.41) is 12.4. The first-order valence-electron chi connectivity index (χ1n) is 7.23. The van der Waals surface area contributed by atoms with Crippen LogP contribution < -0.4 is 5.32 Å². The third-order valence-corrected chi connectivity index (χ3v) is 4.12. The number of hydrogen-bond donors (Lipinski definition) is 1. The van der Waals surface area contributed by atoms with Crippen molar-refractivity contribution >= 4 is 18.3 Å². The summed E-state index contributed by atoms with van der Waals surface area (Å²) in [4.78, 5) is 13.8. The average molecular weight is 286 g/mol. The van der Waals surface area contributed by atoms with Crippen LogP contribution in [0.3, 0.4) is 0 Å². The molecular weight excluding hydrogens is 262 g/mol. The Balaban J connectivity index is 0.00000180. The van der Waals surface area contributed by atoms with E-state index in [1.807, 2.05) is 0 Å². The number of likely N-dealkylation sites (tertiary alicyclic amines) is 1. The van der Waals surface area contributed by atoms with Gasteiger partial charge in [-0.2, -0.15) is 5.26 Å². The first-order valence-corrected chi connectivity index (χ1v) is 7.23. The largest absolute Gasteiger partial charge is 0.326 e. The van der Waals surface area contributed by atoms with Crippen molar-refractivity contribution in [2.45, 2.75) is 63.5 Å². The van der Waals surface area contributed by atoms with Crippen LogP contribution in [0.4, 0.5) is 0 Å². The minimum absolute atomic E-state index is 0. The molecule has 0 spiro atoms. The predicted molar refractivity (Wildman–Crippen MR) is 77.1 cm³/mol. The second kappa shape index (κ2) is 8.39. The Morgan fingerprint density at radius 3 is 2.47 bits per heavy atom. The minimum Gasteiger partial charge on any atom is -0.326 e. The highest BCUT2D eigenvalue weighted by molar-refractivity contribution is 5.85. The predicted octanol–water partition coefficient (Wildman–Crippen LogP) is 2.24. The molecule has 1 aliphatic heterocycles. The van der Waals surface area contributed by atoms with Crippen LogP contribution in [-0.2, 0) is 4.79 Å². The average Bonchev–Trinajstić information content (AvgIpc) is 2.72. The molecule has 1 saturated carbocycles. The van der Waals surface area contributed by atoms with Gasteiger partial charge >= 0.3 is 0 Å². The highest BCUT2D eigenvalue weighted by Crippen LogP contribution is 2.18. The van der Waals surface area contributed by atoms with Gasteiger partial charge in [0.1, 0.15) is 6.04 Å². The Kier molecular flexibility index (Phi) is 7.19. The van der Waals surface area contributed by atoms with Crippen molar-refractivity contribution in [1.82, 2.24) is 10.2 Å². The van der Waals surface area contributed by atoms with Gasteiger partial charge in [-0.25, -0.2) is 0 Å². The van der Waals surface area contributed by atoms with Crippen molar-refractivity contribution < 1.29 is 4.79 Å². The fourth-order valence-electron chi connectivity index (χ4n) is 3.02. The van der Waals surface area contributed by atoms with Crippen molar-refractivity contribution in [2.75, 3.05) is 13.1 Å². The molecule has 108 valence electrons. The van der Waals surface area contributed by atoms with Crippen LogP contribution in [0.1, 0.15) is 51.4 Å². The summed E-state index contributed by atoms with van der Waals surface area (Å²) in [6.07, 6.45) is 9.39. The number of rotatable bonds is 3. The summed E-state index contributed by atoms with van der Waals surface area (Å²) in [7, 11) is 0. The summed E-state index contributed by atoms with van der Waals surface area (Å²) < 4.78 is 0. The monoisotopic (exact) mass is 285 g/mol. The third kappa shape index (κ3) is 4.67. The van der Waals surface area contributed by atoms with Gasteiger partial charge in [0.2, 0.25) is 5.91 Å². The van der Waals surface area contributed by atoms with E-state index in [9.17, 15) is 4.79 Å². The number of hydrogen-bond acceptors (Lipinski definition) is 3. The van der Waals surface area contributed by atoms with Gasteiger partial charge in [-0.1, -0.05) is 25.7 Å². The zero-order valence-corrected chi connectivity index (χ0v) is 12.3. The maximum absolute atomic E-state index is 12.1. The number of nitriles is 1. The Labute approximate surface area is 121 Å². The molecule has 5 heteroatoms. The Hall–Kier alpha value is -0.790. The van der Waals surface area contributed by atoms with E-state index in [1.165, 1.54) is 38.5 Å². The quantitative estimate of drug-likeness (QED) is 0.809. The number of nitrogens with one attached hydrogen (secondary N) is 1. The van der Waals surface area contributed by atoms with E-state index in [0.717, 1.165) is 19.4 Å². The molecule has 2 aliphatic rings. The van der Waals surface area contributed by atoms with E-state index in [2.05, 4.69) is 11.4 Å². The second-order valence-corrected chi connectivity index (χ2v) is 5.44. The van der Waals surface area contributed by atoms with E-state index >= 15 is 0 Å². The van der Waals surface area contributed by atoms with Crippen LogP contribution in [0.15, 0.2) is 0 Å². The van der Waals surface area contributed by atoms with Crippen molar-refractivity contribution in [3.8, 4) is 6.07 Å². The van der Waals surface area contributed by atoms with Crippen LogP contribution >= 0.6 is 12.4 Å². The van der Waals surface area contributed by atoms with E-state index in [4.69, 9.17) is 5.26 Å². The molecule has 0 radical (unpaired) electrons. The molecule has 19 heavy (non-hydrogen) atoms. The van der Waals surface area contributed by atoms with E-state index in [0.29, 0.717) is 12.6 Å². The molecule has 2 fully saturated rings. The molecule has 1 N–H and O–H groups in total. The molecule has 0 aromatic carbocycles. The van der Waals surface area contributed by atoms with Gasteiger partial charge in [0.25, 0.3) is 0 Å². The van der Waals surface area contributed by atoms with Gasteiger partial charge in [-0.3, -0.25) is 4.79 Å². The van der Waals surface area contributed by atoms with E-state index < -0.39 is 0 Å². The number of carbonyl (C=O) groups is 1. The first-order chi connectivity index (χ1) is 8.81. The molecule has 1 heterocycles. The highest BCUT2D eigenvalue weighted by Gasteiger charge is 2.28. The highest BCUT2D eigenvalue weighted by atomic mass is 35.5. The van der Waals surface area contributed by atoms with E-state index in [1.54, 1.807) is 4.90 Å². The number of carbonyl (C=O) groups excluding carboxylic acids is 1. The molecule has 2 rings (SSSR count). The minimum atomic E-state index is -0.187. The lowest BCUT2D eigenvalue weighted by molar-refractivity contribution is -0.130. The maximum Gasteiger partial charge on any atom is 0.237 e. The standard InChI is InChI=1S/C14H23N3O.ClH/c15-10-13-8-5-9-17(13)14(18)11-16-12-6-3-1-2-4-7-12;/h12-13,16H,1-9,11H2;1H/t13-;/m0./s1. The van der Waals surface area contributed by atoms with Crippen molar-refractivity contribution in [3.63, 3.8) is 0 Å². The molecule has 0 aromatic rings. The molecule has 1 amide bonds. The van der Waals surface area contributed by atoms with Gasteiger partial charge < -0.3 is 10.2 Å². The normalized spacial score (nSPS) is 24.4. The van der Waals surface area contributed by atoms with Crippen LogP contribution in [0.25, 0.3) is 0 Å². The zero-order chi connectivity index (χ0) is 12.8. The van der Waals surface area contributed by atoms with Crippen molar-refractivity contribution in [2.24, 2.45) is 0 Å². The molecule has 1 atom stereocenters. The van der Waals surface area contributed by atoms with Gasteiger partial charge in [0, 0.05) is 12.6 Å². The smallest absolute Gasteiger partial charge is 0.237 e. The topological polar surface area (TPSA) is 56.1 Å². The van der Waals surface area contributed by atoms with Gasteiger partial charge in [-0.05, 0) is 25.7 Å². The Bertz CT molecular complexity index is 321. The van der Waals surface area contributed by atoms with Gasteiger partial charge in [0.15, 0.2) is 0 Å². The van der Waals surface area contributed by atoms with Crippen LogP contribution in [-0.4, -0.2) is 36.0 Å². The van der Waals surface area contributed by atoms with Crippen LogP contribution in [0.2, 0.25) is 0 Å². The molecule has 0 unspecified atom stereocenters. The lowest BCUT2D eigenvalue weighted by atomic mass is 10.1. The van der Waals surface area contributed by atoms with Crippen molar-refractivity contribution in [3.05, 3.63) is 0 Å². The van der Waals surface area contributed by atoms with Crippen LogP contribution in [0, 0.1) is 11.3 Å². The van der Waals surface area contributed by atoms with Gasteiger partial charge in [-0.15, -0.1) is 12.4 Å². The van der Waals surface area contributed by atoms with Crippen molar-refractivity contribution in [1.29, 1.82) is 5.26 Å². The molecule has 1 saturated heterocycles. The Morgan fingerprint density at radius 2 is 1.84 bits per heavy atom. The lowest BCUT2D eigenvalue weighted by Gasteiger charge is -2.22. The summed E-state index contributed by atoms with van der Waals surface area (Å²) >= 11 is 0. The van der Waals surface area contributed by atoms with Gasteiger partial charge in [0.05, 0.1) is 12.6 Å². The molecule has 0 bridgehead atoms. The third-order valence-electron chi connectivity index (χ3n) is 4.12. The SMILES string of the molecule is Cl.N#C[C@@H]1CCCN1C(=O)CNC1CCCCCC1. The lowest BCUT2D eigenvalue weighted by Crippen LogP contribution is -2.43. The van der Waals surface area contributed by atoms with E-state index in [-0.39, 0.29) is 24.4 Å². The second-order valence-electron chi connectivity index (χ2n) is 5.44. The molecular formula is C14H24ClN3O. The number of amides is 1. The summed E-state index contributed by atoms with van der Waals surface area (Å²) in [6, 6.07) is 2.53. The fourth-order valence-corrected chi connectivity index (χ4v) is 3.02. The van der Waals surface area contributed by atoms with Crippen LogP contribution in [0.5, 0.6) is 0 Å². The summed E-state index contributed by atoms with van der Waals surface area (Å²) in [6.45, 7) is 1.16. The maximum atomic E-state index is 12.1. The molecule has 0 aromatic heterocycles. The number of nitrogens with zero attached hydrogens (tertiary/aromatic N) is 2. The first kappa shape index (κ1) is 16.3. The summed E-state index contributed by atoms with van der Waals surface area (Å²) in [5.74, 6) is 0.100. The zero-order valence-electron chi connectivity index (χ0n) is 11.4. The molecule has 4 nitrogen and oxygen atoms in total.